The van der Waals surface area contributed by atoms with Gasteiger partial charge in [0.25, 0.3) is 0 Å². The van der Waals surface area contributed by atoms with Gasteiger partial charge in [-0.25, -0.2) is 0 Å². The summed E-state index contributed by atoms with van der Waals surface area (Å²) >= 11 is -2.13. The molecule has 0 aliphatic heterocycles. The van der Waals surface area contributed by atoms with E-state index < -0.39 is 18.2 Å². The van der Waals surface area contributed by atoms with Crippen LogP contribution in [0.2, 0.25) is 0 Å². The minimum absolute atomic E-state index is 1.25. The molecule has 13 heavy (non-hydrogen) atoms. The minimum atomic E-state index is -2.13. The van der Waals surface area contributed by atoms with Crippen molar-refractivity contribution in [2.45, 2.75) is 26.2 Å². The van der Waals surface area contributed by atoms with Crippen LogP contribution in [0.1, 0.15) is 26.2 Å². The summed E-state index contributed by atoms with van der Waals surface area (Å²) < 4.78 is 0. The maximum atomic E-state index is 5.00. The Bertz CT molecular complexity index is 100. The average Bonchev–Trinajstić information content (AvgIpc) is 2.51. The molecule has 1 rings (SSSR count). The molecule has 0 bridgehead atoms. The molecule has 1 aliphatic rings. The number of halogens is 3. The first-order valence-electron chi connectivity index (χ1n) is 4.20. The van der Waals surface area contributed by atoms with Gasteiger partial charge in [0.2, 0.25) is 0 Å². The second-order valence-corrected chi connectivity index (χ2v) is 13.8. The predicted molar refractivity (Wildman–Crippen MR) is 57.5 cm³/mol. The van der Waals surface area contributed by atoms with Gasteiger partial charge in [0, 0.05) is 0 Å². The SMILES string of the molecule is CCCC[C]1[CH][CH][CH][CH]1.[Cl][Zr]([Cl])[Cl]. The van der Waals surface area contributed by atoms with Crippen molar-refractivity contribution in [3.8, 4) is 0 Å². The quantitative estimate of drug-likeness (QED) is 0.710. The molecule has 0 aromatic carbocycles. The van der Waals surface area contributed by atoms with Gasteiger partial charge in [-0.3, -0.25) is 0 Å². The van der Waals surface area contributed by atoms with Gasteiger partial charge in [-0.15, -0.1) is 0 Å². The monoisotopic (exact) mass is 316 g/mol. The summed E-state index contributed by atoms with van der Waals surface area (Å²) in [4.78, 5) is 0. The van der Waals surface area contributed by atoms with Crippen molar-refractivity contribution in [1.29, 1.82) is 0 Å². The molecular formula is C9H13Cl3Zr. The Hall–Kier alpha value is 1.75. The molecule has 0 amide bonds. The van der Waals surface area contributed by atoms with E-state index in [1.807, 2.05) is 0 Å². The van der Waals surface area contributed by atoms with Crippen molar-refractivity contribution in [1.82, 2.24) is 0 Å². The van der Waals surface area contributed by atoms with Gasteiger partial charge in [0.05, 0.1) is 0 Å². The summed E-state index contributed by atoms with van der Waals surface area (Å²) in [5, 5.41) is 0. The zero-order chi connectivity index (χ0) is 10.1. The van der Waals surface area contributed by atoms with Crippen molar-refractivity contribution in [3.63, 3.8) is 0 Å². The van der Waals surface area contributed by atoms with Crippen LogP contribution in [0.15, 0.2) is 0 Å². The van der Waals surface area contributed by atoms with E-state index in [1.165, 1.54) is 25.2 Å². The Kier molecular flexibility index (Phi) is 11.7. The molecule has 0 aromatic rings. The fraction of sp³-hybridized carbons (Fsp3) is 0.444. The Morgan fingerprint density at radius 3 is 2.00 bits per heavy atom. The van der Waals surface area contributed by atoms with Crippen molar-refractivity contribution in [2.24, 2.45) is 0 Å². The molecule has 0 N–H and O–H groups in total. The number of hydrogen-bond acceptors (Lipinski definition) is 0. The molecule has 0 aromatic heterocycles. The standard InChI is InChI=1S/C9H13.3ClH.Zr/c1-2-3-6-9-7-4-5-8-9;;;;/h4-5,7-8H,2-3,6H2,1H3;3*1H;/q;;;;+3/p-3. The van der Waals surface area contributed by atoms with Gasteiger partial charge in [-0.1, -0.05) is 19.8 Å². The molecule has 0 nitrogen and oxygen atoms in total. The molecule has 0 spiro atoms. The first-order chi connectivity index (χ1) is 6.16. The number of rotatable bonds is 3. The maximum absolute atomic E-state index is 5.00. The van der Waals surface area contributed by atoms with Crippen molar-refractivity contribution < 1.29 is 18.2 Å². The summed E-state index contributed by atoms with van der Waals surface area (Å²) in [5.74, 6) is 1.48. The average molecular weight is 319 g/mol. The third kappa shape index (κ3) is 11.7. The Morgan fingerprint density at radius 2 is 1.62 bits per heavy atom. The van der Waals surface area contributed by atoms with E-state index in [0.717, 1.165) is 0 Å². The topological polar surface area (TPSA) is 0 Å². The van der Waals surface area contributed by atoms with Gasteiger partial charge < -0.3 is 0 Å². The van der Waals surface area contributed by atoms with Gasteiger partial charge in [0.15, 0.2) is 0 Å². The molecule has 1 aliphatic carbocycles. The van der Waals surface area contributed by atoms with E-state index in [-0.39, 0.29) is 0 Å². The van der Waals surface area contributed by atoms with Gasteiger partial charge >= 0.3 is 43.7 Å². The van der Waals surface area contributed by atoms with Crippen LogP contribution < -0.4 is 0 Å². The molecule has 4 heteroatoms. The predicted octanol–water partition coefficient (Wildman–Crippen LogP) is 4.65. The molecule has 5 radical (unpaired) electrons. The Balaban J connectivity index is 0.000000310. The molecule has 0 heterocycles. The van der Waals surface area contributed by atoms with Gasteiger partial charge in [0.1, 0.15) is 0 Å². The summed E-state index contributed by atoms with van der Waals surface area (Å²) in [5.41, 5.74) is 0. The van der Waals surface area contributed by atoms with Crippen LogP contribution in [-0.4, -0.2) is 0 Å². The van der Waals surface area contributed by atoms with Crippen LogP contribution in [0.4, 0.5) is 0 Å². The van der Waals surface area contributed by atoms with E-state index in [0.29, 0.717) is 0 Å². The third-order valence-corrected chi connectivity index (χ3v) is 1.55. The fourth-order valence-electron chi connectivity index (χ4n) is 0.961. The number of unbranched alkanes of at least 4 members (excludes halogenated alkanes) is 1. The van der Waals surface area contributed by atoms with Crippen molar-refractivity contribution in [3.05, 3.63) is 31.6 Å². The van der Waals surface area contributed by atoms with Crippen LogP contribution in [0.3, 0.4) is 0 Å². The van der Waals surface area contributed by atoms with E-state index in [2.05, 4.69) is 32.6 Å². The van der Waals surface area contributed by atoms with Crippen LogP contribution in [0.5, 0.6) is 0 Å². The van der Waals surface area contributed by atoms with E-state index in [1.54, 1.807) is 0 Å². The normalized spacial score (nSPS) is 16.6. The molecule has 1 fully saturated rings. The molecular weight excluding hydrogens is 306 g/mol. The molecule has 1 saturated carbocycles. The second-order valence-electron chi connectivity index (χ2n) is 2.61. The van der Waals surface area contributed by atoms with Gasteiger partial charge in [-0.2, -0.15) is 0 Å². The van der Waals surface area contributed by atoms with Crippen LogP contribution in [0.25, 0.3) is 0 Å². The van der Waals surface area contributed by atoms with E-state index in [9.17, 15) is 0 Å². The molecule has 0 atom stereocenters. The van der Waals surface area contributed by atoms with Crippen LogP contribution in [-0.2, 0) is 18.2 Å². The summed E-state index contributed by atoms with van der Waals surface area (Å²) in [6.07, 6.45) is 12.5. The Labute approximate surface area is 101 Å². The molecule has 0 unspecified atom stereocenters. The van der Waals surface area contributed by atoms with Crippen LogP contribution >= 0.6 is 25.5 Å². The summed E-state index contributed by atoms with van der Waals surface area (Å²) in [6.45, 7) is 2.23. The molecule has 74 valence electrons. The second kappa shape index (κ2) is 10.3. The first-order valence-corrected chi connectivity index (χ1v) is 13.7. The Morgan fingerprint density at radius 1 is 1.15 bits per heavy atom. The number of hydrogen-bond donors (Lipinski definition) is 0. The zero-order valence-electron chi connectivity index (χ0n) is 7.56. The zero-order valence-corrected chi connectivity index (χ0v) is 12.3. The molecule has 0 saturated heterocycles. The van der Waals surface area contributed by atoms with Gasteiger partial charge in [-0.05, 0) is 38.0 Å². The van der Waals surface area contributed by atoms with Crippen LogP contribution in [0, 0.1) is 31.6 Å². The first kappa shape index (κ1) is 14.8. The van der Waals surface area contributed by atoms with E-state index >= 15 is 0 Å². The van der Waals surface area contributed by atoms with E-state index in [4.69, 9.17) is 25.5 Å². The van der Waals surface area contributed by atoms with Crippen molar-refractivity contribution >= 4 is 25.5 Å². The summed E-state index contributed by atoms with van der Waals surface area (Å²) in [7, 11) is 15.0. The fourth-order valence-corrected chi connectivity index (χ4v) is 0.961. The third-order valence-electron chi connectivity index (χ3n) is 1.55. The van der Waals surface area contributed by atoms with Crippen molar-refractivity contribution in [2.75, 3.05) is 0 Å². The summed E-state index contributed by atoms with van der Waals surface area (Å²) in [6, 6.07) is 0.